The molecular weight excluding hydrogens is 416 g/mol. The maximum atomic E-state index is 13.3. The van der Waals surface area contributed by atoms with E-state index in [9.17, 15) is 4.79 Å². The summed E-state index contributed by atoms with van der Waals surface area (Å²) in [4.78, 5) is 17.6. The molecule has 0 saturated carbocycles. The molecule has 2 aliphatic heterocycles. The number of hydrazine groups is 1. The first-order valence-corrected chi connectivity index (χ1v) is 11.1. The highest BCUT2D eigenvalue weighted by Crippen LogP contribution is 2.33. The molecule has 31 heavy (non-hydrogen) atoms. The molecule has 1 amide bonds. The Kier molecular flexibility index (Phi) is 6.85. The van der Waals surface area contributed by atoms with Crippen LogP contribution in [0.25, 0.3) is 0 Å². The second-order valence-electron chi connectivity index (χ2n) is 7.74. The lowest BCUT2D eigenvalue weighted by Crippen LogP contribution is -2.51. The molecule has 2 saturated heterocycles. The molecule has 0 aromatic heterocycles. The number of anilines is 1. The zero-order valence-corrected chi connectivity index (χ0v) is 18.7. The van der Waals surface area contributed by atoms with E-state index in [4.69, 9.17) is 21.1 Å². The number of carbonyl (C=O) groups excluding carboxylic acids is 1. The molecule has 2 aromatic carbocycles. The van der Waals surface area contributed by atoms with E-state index in [1.165, 1.54) is 0 Å². The summed E-state index contributed by atoms with van der Waals surface area (Å²) < 4.78 is 10.8. The van der Waals surface area contributed by atoms with Crippen molar-refractivity contribution in [1.29, 1.82) is 0 Å². The molecule has 8 heteroatoms. The van der Waals surface area contributed by atoms with Crippen molar-refractivity contribution < 1.29 is 14.3 Å². The van der Waals surface area contributed by atoms with Gasteiger partial charge in [-0.2, -0.15) is 0 Å². The van der Waals surface area contributed by atoms with Gasteiger partial charge in [-0.1, -0.05) is 17.7 Å². The lowest BCUT2D eigenvalue weighted by atomic mass is 9.93. The van der Waals surface area contributed by atoms with Crippen LogP contribution in [0.2, 0.25) is 5.02 Å². The van der Waals surface area contributed by atoms with Crippen LogP contribution in [0.4, 0.5) is 5.69 Å². The van der Waals surface area contributed by atoms with Gasteiger partial charge in [0.2, 0.25) is 5.91 Å². The molecule has 0 radical (unpaired) electrons. The van der Waals surface area contributed by atoms with Crippen molar-refractivity contribution in [3.8, 4) is 11.5 Å². The Hall–Kier alpha value is -2.48. The number of hydrogen-bond acceptors (Lipinski definition) is 6. The number of nitrogens with zero attached hydrogens (tertiary/aromatic N) is 2. The third-order valence-corrected chi connectivity index (χ3v) is 6.24. The van der Waals surface area contributed by atoms with Crippen LogP contribution in [0.1, 0.15) is 18.5 Å². The topological polar surface area (TPSA) is 66.1 Å². The van der Waals surface area contributed by atoms with E-state index in [1.807, 2.05) is 42.2 Å². The summed E-state index contributed by atoms with van der Waals surface area (Å²) in [5, 5.41) is 0.562. The predicted molar refractivity (Wildman–Crippen MR) is 122 cm³/mol. The average molecular weight is 445 g/mol. The minimum atomic E-state index is -0.179. The standard InChI is InChI=1S/C23H29ClN4O3/c1-3-31-21-9-4-16(14-20(21)24)22-19(15-25-26-22)23(29)28-12-10-27(11-13-28)17-5-7-18(30-2)8-6-17/h4-9,14,19,22,25-26H,3,10-13,15H2,1-2H3. The molecular formula is C23H29ClN4O3. The summed E-state index contributed by atoms with van der Waals surface area (Å²) in [6, 6.07) is 13.7. The minimum absolute atomic E-state index is 0.125. The molecule has 2 aliphatic rings. The molecule has 4 rings (SSSR count). The summed E-state index contributed by atoms with van der Waals surface area (Å²) in [5.41, 5.74) is 8.53. The highest BCUT2D eigenvalue weighted by molar-refractivity contribution is 6.32. The van der Waals surface area contributed by atoms with E-state index < -0.39 is 0 Å². The van der Waals surface area contributed by atoms with Crippen LogP contribution in [-0.4, -0.2) is 57.2 Å². The van der Waals surface area contributed by atoms with Crippen LogP contribution in [-0.2, 0) is 4.79 Å². The number of ether oxygens (including phenoxy) is 2. The van der Waals surface area contributed by atoms with E-state index in [-0.39, 0.29) is 17.9 Å². The summed E-state index contributed by atoms with van der Waals surface area (Å²) in [6.07, 6.45) is 0. The van der Waals surface area contributed by atoms with Gasteiger partial charge in [0.15, 0.2) is 0 Å². The van der Waals surface area contributed by atoms with Gasteiger partial charge < -0.3 is 19.3 Å². The molecule has 2 aromatic rings. The third kappa shape index (κ3) is 4.74. The van der Waals surface area contributed by atoms with Crippen LogP contribution in [0.15, 0.2) is 42.5 Å². The Morgan fingerprint density at radius 1 is 1.13 bits per heavy atom. The van der Waals surface area contributed by atoms with Gasteiger partial charge in [-0.3, -0.25) is 10.2 Å². The number of carbonyl (C=O) groups is 1. The number of benzene rings is 2. The fourth-order valence-corrected chi connectivity index (χ4v) is 4.48. The summed E-state index contributed by atoms with van der Waals surface area (Å²) in [6.45, 7) is 6.11. The smallest absolute Gasteiger partial charge is 0.229 e. The molecule has 0 aliphatic carbocycles. The second-order valence-corrected chi connectivity index (χ2v) is 8.15. The number of amides is 1. The van der Waals surface area contributed by atoms with Crippen LogP contribution in [0, 0.1) is 5.92 Å². The fraction of sp³-hybridized carbons (Fsp3) is 0.435. The Morgan fingerprint density at radius 3 is 2.52 bits per heavy atom. The monoisotopic (exact) mass is 444 g/mol. The van der Waals surface area contributed by atoms with Gasteiger partial charge in [0.05, 0.1) is 30.7 Å². The van der Waals surface area contributed by atoms with Crippen molar-refractivity contribution in [2.75, 3.05) is 51.3 Å². The molecule has 0 bridgehead atoms. The van der Waals surface area contributed by atoms with Gasteiger partial charge >= 0.3 is 0 Å². The first-order valence-electron chi connectivity index (χ1n) is 10.7. The average Bonchev–Trinajstić information content (AvgIpc) is 3.30. The van der Waals surface area contributed by atoms with Crippen molar-refractivity contribution in [2.45, 2.75) is 13.0 Å². The zero-order valence-electron chi connectivity index (χ0n) is 17.9. The molecule has 7 nitrogen and oxygen atoms in total. The molecule has 2 heterocycles. The van der Waals surface area contributed by atoms with Crippen molar-refractivity contribution in [3.05, 3.63) is 53.1 Å². The van der Waals surface area contributed by atoms with E-state index in [2.05, 4.69) is 27.9 Å². The van der Waals surface area contributed by atoms with Crippen LogP contribution in [0.5, 0.6) is 11.5 Å². The molecule has 2 unspecified atom stereocenters. The van der Waals surface area contributed by atoms with Gasteiger partial charge in [0.1, 0.15) is 11.5 Å². The third-order valence-electron chi connectivity index (χ3n) is 5.94. The SMILES string of the molecule is CCOc1ccc(C2NNCC2C(=O)N2CCN(c3ccc(OC)cc3)CC2)cc1Cl. The summed E-state index contributed by atoms with van der Waals surface area (Å²) >= 11 is 6.37. The van der Waals surface area contributed by atoms with E-state index >= 15 is 0 Å². The van der Waals surface area contributed by atoms with Gasteiger partial charge in [-0.25, -0.2) is 5.43 Å². The van der Waals surface area contributed by atoms with Crippen molar-refractivity contribution >= 4 is 23.2 Å². The van der Waals surface area contributed by atoms with Crippen molar-refractivity contribution in [3.63, 3.8) is 0 Å². The van der Waals surface area contributed by atoms with Gasteiger partial charge in [0.25, 0.3) is 0 Å². The lowest BCUT2D eigenvalue weighted by Gasteiger charge is -2.37. The molecule has 2 atom stereocenters. The van der Waals surface area contributed by atoms with Crippen molar-refractivity contribution in [2.24, 2.45) is 5.92 Å². The van der Waals surface area contributed by atoms with Gasteiger partial charge in [-0.15, -0.1) is 0 Å². The van der Waals surface area contributed by atoms with Gasteiger partial charge in [-0.05, 0) is 48.9 Å². The van der Waals surface area contributed by atoms with Crippen LogP contribution >= 0.6 is 11.6 Å². The second kappa shape index (κ2) is 9.77. The van der Waals surface area contributed by atoms with Crippen LogP contribution in [0.3, 0.4) is 0 Å². The van der Waals surface area contributed by atoms with Crippen LogP contribution < -0.4 is 25.2 Å². The Balaban J connectivity index is 1.39. The fourth-order valence-electron chi connectivity index (χ4n) is 4.24. The molecule has 166 valence electrons. The summed E-state index contributed by atoms with van der Waals surface area (Å²) in [5.74, 6) is 1.50. The number of methoxy groups -OCH3 is 1. The number of halogens is 1. The van der Waals surface area contributed by atoms with E-state index in [1.54, 1.807) is 7.11 Å². The molecule has 2 N–H and O–H groups in total. The minimum Gasteiger partial charge on any atom is -0.497 e. The number of nitrogens with one attached hydrogen (secondary N) is 2. The first-order chi connectivity index (χ1) is 15.1. The first kappa shape index (κ1) is 21.7. The number of rotatable bonds is 6. The van der Waals surface area contributed by atoms with Crippen molar-refractivity contribution in [1.82, 2.24) is 15.8 Å². The highest BCUT2D eigenvalue weighted by Gasteiger charge is 2.37. The Morgan fingerprint density at radius 2 is 1.87 bits per heavy atom. The number of piperazine rings is 1. The largest absolute Gasteiger partial charge is 0.497 e. The maximum Gasteiger partial charge on any atom is 0.229 e. The van der Waals surface area contributed by atoms with E-state index in [0.29, 0.717) is 37.0 Å². The zero-order chi connectivity index (χ0) is 21.8. The predicted octanol–water partition coefficient (Wildman–Crippen LogP) is 2.86. The molecule has 0 spiro atoms. The Labute approximate surface area is 188 Å². The quantitative estimate of drug-likeness (QED) is 0.714. The maximum absolute atomic E-state index is 13.3. The highest BCUT2D eigenvalue weighted by atomic mass is 35.5. The molecule has 2 fully saturated rings. The lowest BCUT2D eigenvalue weighted by molar-refractivity contribution is -0.135. The van der Waals surface area contributed by atoms with Gasteiger partial charge in [0, 0.05) is 38.4 Å². The van der Waals surface area contributed by atoms with E-state index in [0.717, 1.165) is 30.1 Å². The normalized spacial score (nSPS) is 21.3. The summed E-state index contributed by atoms with van der Waals surface area (Å²) in [7, 11) is 1.67. The Bertz CT molecular complexity index is 900. The number of hydrogen-bond donors (Lipinski definition) is 2.